The molecule has 0 N–H and O–H groups in total. The van der Waals surface area contributed by atoms with Gasteiger partial charge in [-0.1, -0.05) is 42.5 Å². The van der Waals surface area contributed by atoms with Gasteiger partial charge < -0.3 is 9.64 Å². The summed E-state index contributed by atoms with van der Waals surface area (Å²) in [6.07, 6.45) is 3.71. The highest BCUT2D eigenvalue weighted by atomic mass is 32.2. The van der Waals surface area contributed by atoms with Crippen LogP contribution in [-0.4, -0.2) is 50.3 Å². The average molecular weight is 379 g/mol. The molecule has 0 bridgehead atoms. The summed E-state index contributed by atoms with van der Waals surface area (Å²) in [4.78, 5) is 14.1. The molecule has 7 heteroatoms. The van der Waals surface area contributed by atoms with Gasteiger partial charge in [-0.2, -0.15) is 8.42 Å². The molecule has 26 heavy (non-hydrogen) atoms. The maximum atomic E-state index is 12.5. The van der Waals surface area contributed by atoms with E-state index in [1.165, 1.54) is 0 Å². The van der Waals surface area contributed by atoms with Crippen molar-refractivity contribution >= 4 is 16.0 Å². The number of carbonyl (C=O) groups excluding carboxylic acids is 1. The van der Waals surface area contributed by atoms with Gasteiger partial charge in [-0.25, -0.2) is 0 Å². The molecule has 1 saturated heterocycles. The van der Waals surface area contributed by atoms with Gasteiger partial charge in [0, 0.05) is 6.54 Å². The van der Waals surface area contributed by atoms with E-state index >= 15 is 0 Å². The van der Waals surface area contributed by atoms with Crippen LogP contribution >= 0.6 is 0 Å². The smallest absolute Gasteiger partial charge is 0.264 e. The molecule has 0 aromatic heterocycles. The Labute approximate surface area is 155 Å². The fourth-order valence-corrected chi connectivity index (χ4v) is 3.62. The van der Waals surface area contributed by atoms with E-state index in [2.05, 4.69) is 13.2 Å². The van der Waals surface area contributed by atoms with E-state index in [-0.39, 0.29) is 12.5 Å². The lowest BCUT2D eigenvalue weighted by molar-refractivity contribution is -0.184. The van der Waals surface area contributed by atoms with Gasteiger partial charge in [-0.05, 0) is 18.4 Å². The van der Waals surface area contributed by atoms with Crippen molar-refractivity contribution in [2.75, 3.05) is 12.8 Å². The third-order valence-electron chi connectivity index (χ3n) is 4.12. The van der Waals surface area contributed by atoms with E-state index in [0.29, 0.717) is 19.4 Å². The molecule has 1 aliphatic rings. The van der Waals surface area contributed by atoms with Crippen molar-refractivity contribution in [1.29, 1.82) is 0 Å². The molecule has 1 aromatic rings. The maximum Gasteiger partial charge on any atom is 0.264 e. The molecule has 1 heterocycles. The minimum absolute atomic E-state index is 0.168. The molecule has 0 saturated carbocycles. The predicted molar refractivity (Wildman–Crippen MR) is 99.9 cm³/mol. The summed E-state index contributed by atoms with van der Waals surface area (Å²) in [5.41, 5.74) is 0.938. The first kappa shape index (κ1) is 20.4. The van der Waals surface area contributed by atoms with Crippen LogP contribution in [0.5, 0.6) is 0 Å². The van der Waals surface area contributed by atoms with Gasteiger partial charge in [0.15, 0.2) is 6.10 Å². The Balaban J connectivity index is 2.16. The minimum atomic E-state index is -3.68. The lowest BCUT2D eigenvalue weighted by Crippen LogP contribution is -2.70. The molecule has 3 atom stereocenters. The summed E-state index contributed by atoms with van der Waals surface area (Å²) in [7, 11) is -3.68. The fraction of sp³-hybridized carbons (Fsp3) is 0.421. The number of hydrogen-bond donors (Lipinski definition) is 0. The van der Waals surface area contributed by atoms with Gasteiger partial charge in [-0.3, -0.25) is 8.98 Å². The van der Waals surface area contributed by atoms with Crippen LogP contribution in [0.25, 0.3) is 0 Å². The quantitative estimate of drug-likeness (QED) is 0.335. The Morgan fingerprint density at radius 3 is 2.50 bits per heavy atom. The third kappa shape index (κ3) is 5.27. The molecule has 1 amide bonds. The molecule has 1 fully saturated rings. The highest BCUT2D eigenvalue weighted by molar-refractivity contribution is 7.86. The van der Waals surface area contributed by atoms with Crippen LogP contribution in [0.2, 0.25) is 0 Å². The molecule has 0 radical (unpaired) electrons. The number of benzene rings is 1. The summed E-state index contributed by atoms with van der Waals surface area (Å²) in [5, 5.41) is 0. The number of carbonyl (C=O) groups is 1. The SMILES string of the molecule is C=CCCN1C(=O)[C@H](OCc2ccccc2)[C@H]1[C@@H](CC=C)OS(C)(=O)=O. The topological polar surface area (TPSA) is 72.9 Å². The number of β-lactam (4-membered cyclic amide) rings is 1. The van der Waals surface area contributed by atoms with Gasteiger partial charge >= 0.3 is 0 Å². The van der Waals surface area contributed by atoms with Gasteiger partial charge in [-0.15, -0.1) is 13.2 Å². The van der Waals surface area contributed by atoms with Crippen LogP contribution < -0.4 is 0 Å². The van der Waals surface area contributed by atoms with Crippen LogP contribution in [0, 0.1) is 0 Å². The van der Waals surface area contributed by atoms with Crippen molar-refractivity contribution < 1.29 is 22.1 Å². The van der Waals surface area contributed by atoms with E-state index in [1.54, 1.807) is 17.1 Å². The number of amides is 1. The van der Waals surface area contributed by atoms with Crippen molar-refractivity contribution in [2.24, 2.45) is 0 Å². The van der Waals surface area contributed by atoms with Crippen LogP contribution in [0.3, 0.4) is 0 Å². The second kappa shape index (κ2) is 9.12. The molecule has 0 unspecified atom stereocenters. The summed E-state index contributed by atoms with van der Waals surface area (Å²) in [5.74, 6) is -0.168. The van der Waals surface area contributed by atoms with E-state index in [4.69, 9.17) is 8.92 Å². The van der Waals surface area contributed by atoms with Crippen molar-refractivity contribution in [3.05, 3.63) is 61.2 Å². The van der Waals surface area contributed by atoms with Crippen molar-refractivity contribution in [3.8, 4) is 0 Å². The largest absolute Gasteiger partial charge is 0.361 e. The predicted octanol–water partition coefficient (Wildman–Crippen LogP) is 2.28. The van der Waals surface area contributed by atoms with Crippen LogP contribution in [0.1, 0.15) is 18.4 Å². The highest BCUT2D eigenvalue weighted by Crippen LogP contribution is 2.31. The number of rotatable bonds is 11. The third-order valence-corrected chi connectivity index (χ3v) is 4.72. The van der Waals surface area contributed by atoms with Crippen molar-refractivity contribution in [1.82, 2.24) is 4.90 Å². The Kier molecular flexibility index (Phi) is 7.14. The number of ether oxygens (including phenoxy) is 1. The fourth-order valence-electron chi connectivity index (χ4n) is 2.98. The molecule has 6 nitrogen and oxygen atoms in total. The number of hydrogen-bond acceptors (Lipinski definition) is 5. The van der Waals surface area contributed by atoms with E-state index in [1.807, 2.05) is 30.3 Å². The molecular formula is C19H25NO5S. The van der Waals surface area contributed by atoms with Gasteiger partial charge in [0.25, 0.3) is 16.0 Å². The highest BCUT2D eigenvalue weighted by Gasteiger charge is 2.52. The number of nitrogens with zero attached hydrogens (tertiary/aromatic N) is 1. The standard InChI is InChI=1S/C19H25NO5S/c1-4-6-13-20-17(16(10-5-2)25-26(3,22)23)18(19(20)21)24-14-15-11-8-7-9-12-15/h4-5,7-9,11-12,16-18H,1-2,6,10,13-14H2,3H3/t16-,17-,18-/m1/s1. The van der Waals surface area contributed by atoms with Crippen molar-refractivity contribution in [2.45, 2.75) is 37.7 Å². The zero-order chi connectivity index (χ0) is 19.2. The molecule has 0 aliphatic carbocycles. The van der Waals surface area contributed by atoms with E-state index in [9.17, 15) is 13.2 Å². The monoisotopic (exact) mass is 379 g/mol. The summed E-state index contributed by atoms with van der Waals surface area (Å²) >= 11 is 0. The van der Waals surface area contributed by atoms with Gasteiger partial charge in [0.05, 0.1) is 18.9 Å². The summed E-state index contributed by atoms with van der Waals surface area (Å²) in [6, 6.07) is 9.01. The molecule has 0 spiro atoms. The summed E-state index contributed by atoms with van der Waals surface area (Å²) < 4.78 is 34.3. The Morgan fingerprint density at radius 2 is 1.92 bits per heavy atom. The van der Waals surface area contributed by atoms with E-state index in [0.717, 1.165) is 11.8 Å². The first-order valence-corrected chi connectivity index (χ1v) is 10.2. The second-order valence-corrected chi connectivity index (χ2v) is 7.78. The van der Waals surface area contributed by atoms with Gasteiger partial charge in [0.2, 0.25) is 0 Å². The summed E-state index contributed by atoms with van der Waals surface area (Å²) in [6.45, 7) is 8.04. The molecule has 1 aliphatic heterocycles. The lowest BCUT2D eigenvalue weighted by Gasteiger charge is -2.49. The van der Waals surface area contributed by atoms with E-state index < -0.39 is 28.4 Å². The van der Waals surface area contributed by atoms with Crippen LogP contribution in [0.4, 0.5) is 0 Å². The Bertz CT molecular complexity index is 732. The Hall–Kier alpha value is -1.96. The molecule has 2 rings (SSSR count). The zero-order valence-electron chi connectivity index (χ0n) is 14.9. The van der Waals surface area contributed by atoms with Gasteiger partial charge in [0.1, 0.15) is 6.10 Å². The minimum Gasteiger partial charge on any atom is -0.361 e. The Morgan fingerprint density at radius 1 is 1.23 bits per heavy atom. The van der Waals surface area contributed by atoms with Crippen LogP contribution in [0.15, 0.2) is 55.6 Å². The zero-order valence-corrected chi connectivity index (χ0v) is 15.7. The first-order valence-electron chi connectivity index (χ1n) is 8.43. The molecular weight excluding hydrogens is 354 g/mol. The average Bonchev–Trinajstić information content (AvgIpc) is 2.59. The number of likely N-dealkylation sites (tertiary alicyclic amines) is 1. The normalized spacial score (nSPS) is 21.1. The van der Waals surface area contributed by atoms with Crippen molar-refractivity contribution in [3.63, 3.8) is 0 Å². The molecule has 1 aromatic carbocycles. The first-order chi connectivity index (χ1) is 12.4. The van der Waals surface area contributed by atoms with Crippen LogP contribution in [-0.2, 0) is 30.4 Å². The lowest BCUT2D eigenvalue weighted by atomic mass is 9.90. The second-order valence-electron chi connectivity index (χ2n) is 6.18. The molecule has 142 valence electrons. The maximum absolute atomic E-state index is 12.5.